The number of rotatable bonds is 11. The number of benzene rings is 3. The number of carbonyl (C=O) groups excluding carboxylic acids is 2. The van der Waals surface area contributed by atoms with Crippen molar-refractivity contribution in [1.82, 2.24) is 10.2 Å². The highest BCUT2D eigenvalue weighted by Crippen LogP contribution is 2.25. The average Bonchev–Trinajstić information content (AvgIpc) is 2.91. The zero-order chi connectivity index (χ0) is 28.7. The van der Waals surface area contributed by atoms with E-state index in [1.807, 2.05) is 52.0 Å². The summed E-state index contributed by atoms with van der Waals surface area (Å²) in [7, 11) is -4.24. The number of anilines is 1. The van der Waals surface area contributed by atoms with Crippen molar-refractivity contribution in [2.75, 3.05) is 10.8 Å². The van der Waals surface area contributed by atoms with Gasteiger partial charge in [0.05, 0.1) is 10.6 Å². The van der Waals surface area contributed by atoms with E-state index in [0.717, 1.165) is 39.5 Å². The Kier molecular flexibility index (Phi) is 9.86. The molecule has 0 saturated carbocycles. The fourth-order valence-corrected chi connectivity index (χ4v) is 5.33. The van der Waals surface area contributed by atoms with Crippen molar-refractivity contribution in [2.45, 2.75) is 64.6 Å². The van der Waals surface area contributed by atoms with Gasteiger partial charge < -0.3 is 10.2 Å². The van der Waals surface area contributed by atoms with Crippen molar-refractivity contribution in [3.63, 3.8) is 0 Å². The second-order valence-corrected chi connectivity index (χ2v) is 11.7. The van der Waals surface area contributed by atoms with Gasteiger partial charge in [-0.3, -0.25) is 13.9 Å². The minimum Gasteiger partial charge on any atom is -0.352 e. The van der Waals surface area contributed by atoms with Crippen LogP contribution in [-0.4, -0.2) is 43.8 Å². The molecular formula is C30H36FN3O4S. The number of hydrogen-bond donors (Lipinski definition) is 1. The predicted molar refractivity (Wildman–Crippen MR) is 151 cm³/mol. The molecule has 0 aromatic heterocycles. The van der Waals surface area contributed by atoms with Gasteiger partial charge >= 0.3 is 0 Å². The average molecular weight is 554 g/mol. The van der Waals surface area contributed by atoms with Crippen molar-refractivity contribution in [1.29, 1.82) is 0 Å². The van der Waals surface area contributed by atoms with Crippen LogP contribution >= 0.6 is 0 Å². The van der Waals surface area contributed by atoms with Crippen LogP contribution in [0.2, 0.25) is 0 Å². The van der Waals surface area contributed by atoms with Crippen molar-refractivity contribution < 1.29 is 22.4 Å². The number of hydrogen-bond acceptors (Lipinski definition) is 4. The van der Waals surface area contributed by atoms with E-state index in [9.17, 15) is 22.4 Å². The fourth-order valence-electron chi connectivity index (χ4n) is 3.91. The second kappa shape index (κ2) is 12.9. The molecule has 0 radical (unpaired) electrons. The third kappa shape index (κ3) is 7.66. The van der Waals surface area contributed by atoms with E-state index < -0.39 is 34.3 Å². The molecule has 0 aliphatic rings. The first kappa shape index (κ1) is 29.8. The SMILES string of the molecule is CC[C@@H](C)NC(=O)[C@H](C)N(Cc1ccc(C)cc1)C(=O)CN(c1ccc(C)cc1)S(=O)(=O)c1ccc(F)cc1. The topological polar surface area (TPSA) is 86.8 Å². The van der Waals surface area contributed by atoms with Gasteiger partial charge in [0.1, 0.15) is 18.4 Å². The Morgan fingerprint density at radius 1 is 0.872 bits per heavy atom. The number of nitrogens with zero attached hydrogens (tertiary/aromatic N) is 2. The molecular weight excluding hydrogens is 517 g/mol. The van der Waals surface area contributed by atoms with E-state index in [-0.39, 0.29) is 29.1 Å². The molecule has 0 bridgehead atoms. The van der Waals surface area contributed by atoms with Gasteiger partial charge in [0.15, 0.2) is 0 Å². The summed E-state index contributed by atoms with van der Waals surface area (Å²) in [6.07, 6.45) is 0.724. The van der Waals surface area contributed by atoms with Crippen molar-refractivity contribution in [3.8, 4) is 0 Å². The molecule has 0 unspecified atom stereocenters. The second-order valence-electron chi connectivity index (χ2n) is 9.80. The van der Waals surface area contributed by atoms with Crippen molar-refractivity contribution >= 4 is 27.5 Å². The van der Waals surface area contributed by atoms with Crippen LogP contribution in [0.4, 0.5) is 10.1 Å². The third-order valence-electron chi connectivity index (χ3n) is 6.64. The van der Waals surface area contributed by atoms with E-state index in [1.54, 1.807) is 31.2 Å². The molecule has 0 aliphatic heterocycles. The van der Waals surface area contributed by atoms with E-state index in [0.29, 0.717) is 0 Å². The smallest absolute Gasteiger partial charge is 0.264 e. The zero-order valence-electron chi connectivity index (χ0n) is 23.0. The van der Waals surface area contributed by atoms with Gasteiger partial charge in [-0.05, 0) is 76.1 Å². The van der Waals surface area contributed by atoms with Gasteiger partial charge in [0.2, 0.25) is 11.8 Å². The molecule has 0 heterocycles. The molecule has 7 nitrogen and oxygen atoms in total. The highest BCUT2D eigenvalue weighted by Gasteiger charge is 2.32. The summed E-state index contributed by atoms with van der Waals surface area (Å²) in [5.41, 5.74) is 3.06. The first-order valence-electron chi connectivity index (χ1n) is 12.9. The first-order valence-corrected chi connectivity index (χ1v) is 14.4. The molecule has 0 saturated heterocycles. The lowest BCUT2D eigenvalue weighted by Gasteiger charge is -2.32. The maximum atomic E-state index is 13.9. The van der Waals surface area contributed by atoms with Crippen LogP contribution < -0.4 is 9.62 Å². The Bertz CT molecular complexity index is 1380. The number of sulfonamides is 1. The Labute approximate surface area is 230 Å². The molecule has 208 valence electrons. The molecule has 39 heavy (non-hydrogen) atoms. The molecule has 9 heteroatoms. The normalized spacial score (nSPS) is 12.9. The molecule has 2 atom stereocenters. The van der Waals surface area contributed by atoms with Gasteiger partial charge in [0, 0.05) is 12.6 Å². The minimum atomic E-state index is -4.24. The quantitative estimate of drug-likeness (QED) is 0.363. The van der Waals surface area contributed by atoms with Gasteiger partial charge in [0.25, 0.3) is 10.0 Å². The van der Waals surface area contributed by atoms with Crippen molar-refractivity contribution in [2.24, 2.45) is 0 Å². The zero-order valence-corrected chi connectivity index (χ0v) is 23.8. The number of halogens is 1. The summed E-state index contributed by atoms with van der Waals surface area (Å²) < 4.78 is 42.0. The number of amides is 2. The van der Waals surface area contributed by atoms with Crippen LogP contribution in [0.1, 0.15) is 43.9 Å². The van der Waals surface area contributed by atoms with E-state index >= 15 is 0 Å². The molecule has 2 amide bonds. The minimum absolute atomic E-state index is 0.0841. The number of carbonyl (C=O) groups is 2. The summed E-state index contributed by atoms with van der Waals surface area (Å²) in [5.74, 6) is -1.45. The molecule has 3 rings (SSSR count). The Morgan fingerprint density at radius 3 is 1.95 bits per heavy atom. The molecule has 3 aromatic rings. The Hall–Kier alpha value is -3.72. The van der Waals surface area contributed by atoms with Gasteiger partial charge in [-0.2, -0.15) is 0 Å². The summed E-state index contributed by atoms with van der Waals surface area (Å²) >= 11 is 0. The lowest BCUT2D eigenvalue weighted by Crippen LogP contribution is -2.52. The molecule has 3 aromatic carbocycles. The predicted octanol–water partition coefficient (Wildman–Crippen LogP) is 4.97. The summed E-state index contributed by atoms with van der Waals surface area (Å²) in [4.78, 5) is 28.2. The van der Waals surface area contributed by atoms with Crippen LogP contribution in [0, 0.1) is 19.7 Å². The number of aryl methyl sites for hydroxylation is 2. The van der Waals surface area contributed by atoms with Crippen LogP contribution in [-0.2, 0) is 26.2 Å². The largest absolute Gasteiger partial charge is 0.352 e. The van der Waals surface area contributed by atoms with Crippen LogP contribution in [0.25, 0.3) is 0 Å². The third-order valence-corrected chi connectivity index (χ3v) is 8.43. The van der Waals surface area contributed by atoms with Crippen LogP contribution in [0.15, 0.2) is 77.7 Å². The van der Waals surface area contributed by atoms with Gasteiger partial charge in [-0.25, -0.2) is 12.8 Å². The summed E-state index contributed by atoms with van der Waals surface area (Å²) in [6, 6.07) is 17.8. The fraction of sp³-hybridized carbons (Fsp3) is 0.333. The molecule has 1 N–H and O–H groups in total. The van der Waals surface area contributed by atoms with Crippen molar-refractivity contribution in [3.05, 3.63) is 95.3 Å². The Balaban J connectivity index is 2.01. The van der Waals surface area contributed by atoms with E-state index in [4.69, 9.17) is 0 Å². The molecule has 0 spiro atoms. The number of nitrogens with one attached hydrogen (secondary N) is 1. The monoisotopic (exact) mass is 553 g/mol. The van der Waals surface area contributed by atoms with Gasteiger partial charge in [-0.15, -0.1) is 0 Å². The maximum Gasteiger partial charge on any atom is 0.264 e. The summed E-state index contributed by atoms with van der Waals surface area (Å²) in [6.45, 7) is 8.86. The highest BCUT2D eigenvalue weighted by atomic mass is 32.2. The molecule has 0 fully saturated rings. The first-order chi connectivity index (χ1) is 18.4. The Morgan fingerprint density at radius 2 is 1.41 bits per heavy atom. The van der Waals surface area contributed by atoms with Gasteiger partial charge in [-0.1, -0.05) is 54.4 Å². The van der Waals surface area contributed by atoms with E-state index in [1.165, 1.54) is 17.0 Å². The van der Waals surface area contributed by atoms with Crippen LogP contribution in [0.3, 0.4) is 0 Å². The molecule has 0 aliphatic carbocycles. The summed E-state index contributed by atoms with van der Waals surface area (Å²) in [5, 5.41) is 2.91. The standard InChI is InChI=1S/C30H36FN3O4S/c1-6-23(4)32-30(36)24(5)33(19-25-11-7-21(2)8-12-25)29(35)20-34(27-15-9-22(3)10-16-27)39(37,38)28-17-13-26(31)14-18-28/h7-18,23-24H,6,19-20H2,1-5H3,(H,32,36)/t23-,24+/m1/s1. The maximum absolute atomic E-state index is 13.9. The highest BCUT2D eigenvalue weighted by molar-refractivity contribution is 7.92. The lowest BCUT2D eigenvalue weighted by atomic mass is 10.1. The van der Waals surface area contributed by atoms with E-state index in [2.05, 4.69) is 5.32 Å². The lowest BCUT2D eigenvalue weighted by molar-refractivity contribution is -0.139. The van der Waals surface area contributed by atoms with Crippen LogP contribution in [0.5, 0.6) is 0 Å².